The topological polar surface area (TPSA) is 133 Å². The lowest BCUT2D eigenvalue weighted by atomic mass is 9.96. The SMILES string of the molecule is Cl.N[C@@H](Cc1c[nH]c2ccccc12)C(=O)NCCCCCC(=O)N1Cc2[nH]c3ccccc3c2C[C@H]1C(=O)OCc1ccccc1. The monoisotopic (exact) mass is 641 g/mol. The Labute approximate surface area is 274 Å². The fraction of sp³-hybridized carbons (Fsp3) is 0.306. The highest BCUT2D eigenvalue weighted by molar-refractivity contribution is 5.90. The number of aromatic amines is 2. The van der Waals surface area contributed by atoms with Crippen LogP contribution in [0.4, 0.5) is 0 Å². The molecule has 46 heavy (non-hydrogen) atoms. The molecule has 0 saturated heterocycles. The van der Waals surface area contributed by atoms with Gasteiger partial charge in [-0.2, -0.15) is 0 Å². The van der Waals surface area contributed by atoms with Crippen LogP contribution < -0.4 is 11.1 Å². The first-order chi connectivity index (χ1) is 22.0. The number of hydrogen-bond donors (Lipinski definition) is 4. The Balaban J connectivity index is 0.00000417. The molecule has 6 rings (SSSR count). The number of nitrogens with one attached hydrogen (secondary N) is 3. The number of para-hydroxylation sites is 2. The number of hydrogen-bond acceptors (Lipinski definition) is 5. The lowest BCUT2D eigenvalue weighted by Crippen LogP contribution is -2.49. The second kappa shape index (κ2) is 15.1. The third-order valence-corrected chi connectivity index (χ3v) is 8.64. The molecule has 0 aliphatic carbocycles. The molecule has 2 aromatic heterocycles. The zero-order chi connectivity index (χ0) is 31.2. The zero-order valence-electron chi connectivity index (χ0n) is 25.7. The number of fused-ring (bicyclic) bond motifs is 4. The first kappa shape index (κ1) is 32.8. The van der Waals surface area contributed by atoms with E-state index in [2.05, 4.69) is 15.3 Å². The van der Waals surface area contributed by atoms with E-state index < -0.39 is 18.1 Å². The molecule has 0 unspecified atom stereocenters. The van der Waals surface area contributed by atoms with Crippen LogP contribution in [0.15, 0.2) is 85.1 Å². The van der Waals surface area contributed by atoms with Crippen LogP contribution in [0.5, 0.6) is 0 Å². The maximum Gasteiger partial charge on any atom is 0.329 e. The number of nitrogens with two attached hydrogens (primary N) is 1. The van der Waals surface area contributed by atoms with Crippen LogP contribution in [-0.2, 0) is 45.1 Å². The third kappa shape index (κ3) is 7.43. The first-order valence-corrected chi connectivity index (χ1v) is 15.6. The van der Waals surface area contributed by atoms with Crippen molar-refractivity contribution >= 4 is 52.0 Å². The Hall–Kier alpha value is -4.60. The van der Waals surface area contributed by atoms with Gasteiger partial charge >= 0.3 is 5.97 Å². The van der Waals surface area contributed by atoms with Crippen molar-refractivity contribution < 1.29 is 19.1 Å². The van der Waals surface area contributed by atoms with Gasteiger partial charge in [-0.3, -0.25) is 9.59 Å². The predicted molar refractivity (Wildman–Crippen MR) is 181 cm³/mol. The number of halogens is 1. The third-order valence-electron chi connectivity index (χ3n) is 8.64. The number of unbranched alkanes of at least 4 members (excludes halogenated alkanes) is 2. The second-order valence-electron chi connectivity index (χ2n) is 11.7. The van der Waals surface area contributed by atoms with Gasteiger partial charge in [0.05, 0.1) is 12.6 Å². The minimum Gasteiger partial charge on any atom is -0.459 e. The van der Waals surface area contributed by atoms with Crippen molar-refractivity contribution in [3.63, 3.8) is 0 Å². The van der Waals surface area contributed by atoms with Crippen LogP contribution in [0.2, 0.25) is 0 Å². The molecule has 0 radical (unpaired) electrons. The Morgan fingerprint density at radius 2 is 1.63 bits per heavy atom. The maximum absolute atomic E-state index is 13.5. The number of nitrogens with zero attached hydrogens (tertiary/aromatic N) is 1. The van der Waals surface area contributed by atoms with E-state index in [0.717, 1.165) is 57.0 Å². The van der Waals surface area contributed by atoms with Crippen LogP contribution in [0.3, 0.4) is 0 Å². The van der Waals surface area contributed by atoms with E-state index in [4.69, 9.17) is 10.5 Å². The van der Waals surface area contributed by atoms with Gasteiger partial charge in [0, 0.05) is 53.1 Å². The molecule has 0 bridgehead atoms. The van der Waals surface area contributed by atoms with Crippen molar-refractivity contribution in [1.29, 1.82) is 0 Å². The smallest absolute Gasteiger partial charge is 0.329 e. The summed E-state index contributed by atoms with van der Waals surface area (Å²) in [5, 5.41) is 5.08. The number of carbonyl (C=O) groups excluding carboxylic acids is 3. The van der Waals surface area contributed by atoms with Crippen LogP contribution in [-0.4, -0.2) is 51.3 Å². The van der Waals surface area contributed by atoms with Gasteiger partial charge in [0.15, 0.2) is 0 Å². The van der Waals surface area contributed by atoms with Crippen molar-refractivity contribution in [2.45, 2.75) is 63.8 Å². The summed E-state index contributed by atoms with van der Waals surface area (Å²) in [6, 6.07) is 24.2. The van der Waals surface area contributed by atoms with Crippen LogP contribution in [0.1, 0.15) is 48.1 Å². The fourth-order valence-corrected chi connectivity index (χ4v) is 6.20. The predicted octanol–water partition coefficient (Wildman–Crippen LogP) is 5.31. The van der Waals surface area contributed by atoms with Gasteiger partial charge in [-0.05, 0) is 48.1 Å². The number of carbonyl (C=O) groups is 3. The van der Waals surface area contributed by atoms with Crippen LogP contribution in [0.25, 0.3) is 21.8 Å². The average molecular weight is 642 g/mol. The number of H-pyrrole nitrogens is 2. The standard InChI is InChI=1S/C36H39N5O4.ClH/c37-29(19-25-21-39-30-15-8-6-13-26(25)30)35(43)38-18-10-2-5-17-34(42)41-22-32-28(27-14-7-9-16-31(27)40-32)20-33(41)36(44)45-23-24-11-3-1-4-12-24;/h1,3-4,6-9,11-16,21,29,33,39-40H,2,5,10,17-20,22-23,37H2,(H,38,43);1H/t29-,33-;/m0./s1. The minimum absolute atomic E-state index is 0. The average Bonchev–Trinajstić information content (AvgIpc) is 3.65. The summed E-state index contributed by atoms with van der Waals surface area (Å²) >= 11 is 0. The van der Waals surface area contributed by atoms with Crippen molar-refractivity contribution in [3.05, 3.63) is 107 Å². The highest BCUT2D eigenvalue weighted by atomic mass is 35.5. The molecule has 1 aliphatic heterocycles. The van der Waals surface area contributed by atoms with Gasteiger partial charge in [-0.25, -0.2) is 4.79 Å². The van der Waals surface area contributed by atoms with E-state index in [1.807, 2.05) is 85.1 Å². The molecule has 1 aliphatic rings. The summed E-state index contributed by atoms with van der Waals surface area (Å²) in [5.41, 5.74) is 12.2. The highest BCUT2D eigenvalue weighted by Crippen LogP contribution is 2.31. The molecule has 5 aromatic rings. The summed E-state index contributed by atoms with van der Waals surface area (Å²) < 4.78 is 5.71. The molecule has 3 heterocycles. The molecule has 2 amide bonds. The molecular weight excluding hydrogens is 602 g/mol. The highest BCUT2D eigenvalue weighted by Gasteiger charge is 2.37. The number of rotatable bonds is 12. The Morgan fingerprint density at radius 3 is 2.43 bits per heavy atom. The van der Waals surface area contributed by atoms with Gasteiger partial charge in [0.2, 0.25) is 11.8 Å². The van der Waals surface area contributed by atoms with Gasteiger partial charge in [-0.15, -0.1) is 12.4 Å². The molecule has 10 heteroatoms. The number of ether oxygens (including phenoxy) is 1. The fourth-order valence-electron chi connectivity index (χ4n) is 6.20. The minimum atomic E-state index is -0.689. The molecule has 9 nitrogen and oxygen atoms in total. The van der Waals surface area contributed by atoms with Crippen LogP contribution >= 0.6 is 12.4 Å². The number of esters is 1. The summed E-state index contributed by atoms with van der Waals surface area (Å²) in [7, 11) is 0. The number of aromatic nitrogens is 2. The van der Waals surface area contributed by atoms with Gasteiger partial charge in [-0.1, -0.05) is 73.2 Å². The van der Waals surface area contributed by atoms with Gasteiger partial charge in [0.25, 0.3) is 0 Å². The lowest BCUT2D eigenvalue weighted by Gasteiger charge is -2.34. The van der Waals surface area contributed by atoms with E-state index >= 15 is 0 Å². The van der Waals surface area contributed by atoms with Gasteiger partial charge in [0.1, 0.15) is 12.6 Å². The first-order valence-electron chi connectivity index (χ1n) is 15.6. The van der Waals surface area contributed by atoms with E-state index in [9.17, 15) is 14.4 Å². The van der Waals surface area contributed by atoms with E-state index in [1.54, 1.807) is 4.90 Å². The van der Waals surface area contributed by atoms with E-state index in [0.29, 0.717) is 38.8 Å². The normalized spacial score (nSPS) is 14.8. The number of amides is 2. The summed E-state index contributed by atoms with van der Waals surface area (Å²) in [5.74, 6) is -0.656. The summed E-state index contributed by atoms with van der Waals surface area (Å²) in [6.45, 7) is 0.986. The summed E-state index contributed by atoms with van der Waals surface area (Å²) in [4.78, 5) is 47.8. The zero-order valence-corrected chi connectivity index (χ0v) is 26.5. The van der Waals surface area contributed by atoms with E-state index in [1.165, 1.54) is 0 Å². The van der Waals surface area contributed by atoms with Gasteiger partial charge < -0.3 is 30.7 Å². The molecule has 0 spiro atoms. The quantitative estimate of drug-likeness (QED) is 0.108. The molecular formula is C36H40ClN5O4. The van der Waals surface area contributed by atoms with Crippen molar-refractivity contribution in [2.75, 3.05) is 6.54 Å². The van der Waals surface area contributed by atoms with Crippen LogP contribution in [0, 0.1) is 0 Å². The lowest BCUT2D eigenvalue weighted by molar-refractivity contribution is -0.157. The number of benzene rings is 3. The summed E-state index contributed by atoms with van der Waals surface area (Å²) in [6.07, 6.45) is 5.22. The molecule has 2 atom stereocenters. The molecule has 0 fully saturated rings. The Kier molecular flexibility index (Phi) is 10.8. The second-order valence-corrected chi connectivity index (χ2v) is 11.7. The largest absolute Gasteiger partial charge is 0.459 e. The van der Waals surface area contributed by atoms with Crippen molar-refractivity contribution in [1.82, 2.24) is 20.2 Å². The maximum atomic E-state index is 13.5. The van der Waals surface area contributed by atoms with Crippen molar-refractivity contribution in [2.24, 2.45) is 5.73 Å². The van der Waals surface area contributed by atoms with Crippen molar-refractivity contribution in [3.8, 4) is 0 Å². The Morgan fingerprint density at radius 1 is 0.913 bits per heavy atom. The molecule has 3 aromatic carbocycles. The molecule has 0 saturated carbocycles. The Bertz CT molecular complexity index is 1800. The molecule has 5 N–H and O–H groups in total. The molecule has 240 valence electrons. The van der Waals surface area contributed by atoms with E-state index in [-0.39, 0.29) is 30.8 Å².